The Labute approximate surface area is 164 Å². The minimum absolute atomic E-state index is 0.0929. The molecular weight excluding hydrogens is 358 g/mol. The number of anilines is 1. The van der Waals surface area contributed by atoms with Crippen molar-refractivity contribution >= 4 is 40.0 Å². The van der Waals surface area contributed by atoms with E-state index in [0.717, 1.165) is 23.2 Å². The fraction of sp³-hybridized carbons (Fsp3) is 0.286. The van der Waals surface area contributed by atoms with E-state index >= 15 is 0 Å². The van der Waals surface area contributed by atoms with Crippen LogP contribution in [0.15, 0.2) is 46.9 Å². The maximum absolute atomic E-state index is 11.6. The van der Waals surface area contributed by atoms with Crippen molar-refractivity contribution in [2.75, 3.05) is 5.32 Å². The maximum atomic E-state index is 11.6. The number of nitrogens with one attached hydrogen (secondary N) is 2. The van der Waals surface area contributed by atoms with Crippen LogP contribution in [0.5, 0.6) is 0 Å². The number of nitrogens with zero attached hydrogens (tertiary/aromatic N) is 1. The highest BCUT2D eigenvalue weighted by Gasteiger charge is 2.10. The van der Waals surface area contributed by atoms with Crippen molar-refractivity contribution < 1.29 is 9.21 Å². The lowest BCUT2D eigenvalue weighted by atomic mass is 10.0. The topological polar surface area (TPSA) is 67.2 Å². The van der Waals surface area contributed by atoms with Crippen LogP contribution in [0.25, 0.3) is 22.6 Å². The molecule has 0 aliphatic rings. The molecule has 0 aliphatic carbocycles. The van der Waals surface area contributed by atoms with Gasteiger partial charge in [-0.2, -0.15) is 0 Å². The molecule has 1 heterocycles. The molecule has 0 aliphatic heterocycles. The third kappa shape index (κ3) is 4.71. The maximum Gasteiger partial charge on any atom is 0.227 e. The summed E-state index contributed by atoms with van der Waals surface area (Å²) >= 11 is 5.18. The summed E-state index contributed by atoms with van der Waals surface area (Å²) < 4.78 is 5.87. The number of benzene rings is 2. The predicted octanol–water partition coefficient (Wildman–Crippen LogP) is 5.23. The molecule has 0 saturated carbocycles. The highest BCUT2D eigenvalue weighted by atomic mass is 32.1. The highest BCUT2D eigenvalue weighted by molar-refractivity contribution is 7.80. The molecular formula is C21H23N3O2S. The zero-order valence-electron chi connectivity index (χ0n) is 15.7. The van der Waals surface area contributed by atoms with E-state index in [1.54, 1.807) is 0 Å². The summed E-state index contributed by atoms with van der Waals surface area (Å²) in [6, 6.07) is 13.8. The lowest BCUT2D eigenvalue weighted by Gasteiger charge is -2.08. The summed E-state index contributed by atoms with van der Waals surface area (Å²) in [4.78, 5) is 16.2. The first-order valence-electron chi connectivity index (χ1n) is 9.08. The molecule has 2 aromatic carbocycles. The van der Waals surface area contributed by atoms with E-state index in [2.05, 4.69) is 41.6 Å². The Morgan fingerprint density at radius 2 is 1.93 bits per heavy atom. The number of thiocarbonyl (C=S) groups is 1. The van der Waals surface area contributed by atoms with E-state index in [9.17, 15) is 4.79 Å². The Kier molecular flexibility index (Phi) is 5.86. The van der Waals surface area contributed by atoms with E-state index in [1.807, 2.05) is 37.3 Å². The molecule has 6 heteroatoms. The predicted molar refractivity (Wildman–Crippen MR) is 113 cm³/mol. The zero-order valence-corrected chi connectivity index (χ0v) is 16.5. The fourth-order valence-corrected chi connectivity index (χ4v) is 2.95. The van der Waals surface area contributed by atoms with Gasteiger partial charge in [-0.25, -0.2) is 4.98 Å². The van der Waals surface area contributed by atoms with E-state index in [1.165, 1.54) is 5.56 Å². The van der Waals surface area contributed by atoms with Crippen molar-refractivity contribution in [3.05, 3.63) is 48.0 Å². The van der Waals surface area contributed by atoms with Crippen molar-refractivity contribution in [1.82, 2.24) is 10.3 Å². The van der Waals surface area contributed by atoms with Crippen molar-refractivity contribution in [2.45, 2.75) is 39.5 Å². The minimum Gasteiger partial charge on any atom is -0.436 e. The SMILES string of the molecule is CCCC(=O)NC(=S)Nc1ccc2oc(-c3ccc(C(C)C)cc3)nc2c1. The molecule has 0 unspecified atom stereocenters. The number of aromatic nitrogens is 1. The quantitative estimate of drug-likeness (QED) is 0.592. The summed E-state index contributed by atoms with van der Waals surface area (Å²) in [5.74, 6) is 0.971. The summed E-state index contributed by atoms with van der Waals surface area (Å²) in [7, 11) is 0. The van der Waals surface area contributed by atoms with Gasteiger partial charge in [0.25, 0.3) is 0 Å². The van der Waals surface area contributed by atoms with Crippen LogP contribution in [-0.4, -0.2) is 16.0 Å². The van der Waals surface area contributed by atoms with Crippen molar-refractivity contribution in [3.63, 3.8) is 0 Å². The Morgan fingerprint density at radius 3 is 2.59 bits per heavy atom. The molecule has 1 amide bonds. The van der Waals surface area contributed by atoms with Gasteiger partial charge >= 0.3 is 0 Å². The number of rotatable bonds is 5. The molecule has 0 spiro atoms. The second-order valence-electron chi connectivity index (χ2n) is 6.73. The van der Waals surface area contributed by atoms with E-state index in [0.29, 0.717) is 23.8 Å². The number of carbonyl (C=O) groups excluding carboxylic acids is 1. The van der Waals surface area contributed by atoms with Crippen LogP contribution in [0.2, 0.25) is 0 Å². The van der Waals surface area contributed by atoms with Crippen molar-refractivity contribution in [3.8, 4) is 11.5 Å². The first kappa shape index (κ1) is 19.0. The number of hydrogen-bond donors (Lipinski definition) is 2. The first-order valence-corrected chi connectivity index (χ1v) is 9.49. The Morgan fingerprint density at radius 1 is 1.19 bits per heavy atom. The van der Waals surface area contributed by atoms with Gasteiger partial charge in [0.15, 0.2) is 10.7 Å². The molecule has 3 aromatic rings. The van der Waals surface area contributed by atoms with Crippen LogP contribution in [0.4, 0.5) is 5.69 Å². The Hall–Kier alpha value is -2.73. The van der Waals surface area contributed by atoms with Gasteiger partial charge in [-0.15, -0.1) is 0 Å². The average molecular weight is 382 g/mol. The van der Waals surface area contributed by atoms with Gasteiger partial charge in [0.1, 0.15) is 5.52 Å². The lowest BCUT2D eigenvalue weighted by Crippen LogP contribution is -2.33. The molecule has 0 fully saturated rings. The first-order chi connectivity index (χ1) is 13.0. The smallest absolute Gasteiger partial charge is 0.227 e. The number of carbonyl (C=O) groups is 1. The van der Waals surface area contributed by atoms with Crippen molar-refractivity contribution in [2.24, 2.45) is 0 Å². The van der Waals surface area contributed by atoms with Gasteiger partial charge in [-0.3, -0.25) is 4.79 Å². The van der Waals surface area contributed by atoms with Crippen LogP contribution in [0, 0.1) is 0 Å². The standard InChI is InChI=1S/C21H23N3O2S/c1-4-5-19(25)24-21(27)22-16-10-11-18-17(12-16)23-20(26-18)15-8-6-14(7-9-15)13(2)3/h6-13H,4-5H2,1-3H3,(H2,22,24,25,27). The fourth-order valence-electron chi connectivity index (χ4n) is 2.72. The third-order valence-electron chi connectivity index (χ3n) is 4.20. The monoisotopic (exact) mass is 381 g/mol. The molecule has 0 radical (unpaired) electrons. The van der Waals surface area contributed by atoms with Crippen molar-refractivity contribution in [1.29, 1.82) is 0 Å². The van der Waals surface area contributed by atoms with E-state index < -0.39 is 0 Å². The largest absolute Gasteiger partial charge is 0.436 e. The van der Waals surface area contributed by atoms with Crippen LogP contribution in [0.3, 0.4) is 0 Å². The summed E-state index contributed by atoms with van der Waals surface area (Å²) in [5.41, 5.74) is 4.39. The molecule has 0 bridgehead atoms. The molecule has 0 atom stereocenters. The number of fused-ring (bicyclic) bond motifs is 1. The van der Waals surface area contributed by atoms with E-state index in [4.69, 9.17) is 16.6 Å². The van der Waals surface area contributed by atoms with Crippen LogP contribution in [0.1, 0.15) is 45.1 Å². The molecule has 0 saturated heterocycles. The van der Waals surface area contributed by atoms with Crippen LogP contribution in [-0.2, 0) is 4.79 Å². The second kappa shape index (κ2) is 8.31. The zero-order chi connectivity index (χ0) is 19.4. The van der Waals surface area contributed by atoms with Gasteiger partial charge in [0.05, 0.1) is 0 Å². The van der Waals surface area contributed by atoms with Gasteiger partial charge in [-0.05, 0) is 60.5 Å². The van der Waals surface area contributed by atoms with E-state index in [-0.39, 0.29) is 11.0 Å². The summed E-state index contributed by atoms with van der Waals surface area (Å²) in [6.45, 7) is 6.28. The molecule has 2 N–H and O–H groups in total. The Bertz CT molecular complexity index is 961. The number of amides is 1. The average Bonchev–Trinajstić information content (AvgIpc) is 3.05. The molecule has 5 nitrogen and oxygen atoms in total. The minimum atomic E-state index is -0.0929. The van der Waals surface area contributed by atoms with Gasteiger partial charge < -0.3 is 15.1 Å². The molecule has 1 aromatic heterocycles. The van der Waals surface area contributed by atoms with Crippen LogP contribution >= 0.6 is 12.2 Å². The third-order valence-corrected chi connectivity index (χ3v) is 4.40. The number of oxazole rings is 1. The molecule has 140 valence electrons. The molecule has 3 rings (SSSR count). The van der Waals surface area contributed by atoms with Gasteiger partial charge in [-0.1, -0.05) is 32.9 Å². The summed E-state index contributed by atoms with van der Waals surface area (Å²) in [6.07, 6.45) is 1.23. The highest BCUT2D eigenvalue weighted by Crippen LogP contribution is 2.27. The molecule has 27 heavy (non-hydrogen) atoms. The van der Waals surface area contributed by atoms with Gasteiger partial charge in [0.2, 0.25) is 11.8 Å². The number of hydrogen-bond acceptors (Lipinski definition) is 4. The Balaban J connectivity index is 1.76. The lowest BCUT2D eigenvalue weighted by molar-refractivity contribution is -0.119. The van der Waals surface area contributed by atoms with Crippen LogP contribution < -0.4 is 10.6 Å². The van der Waals surface area contributed by atoms with Gasteiger partial charge in [0, 0.05) is 17.7 Å². The normalized spacial score (nSPS) is 11.0. The second-order valence-corrected chi connectivity index (χ2v) is 7.14. The summed E-state index contributed by atoms with van der Waals surface area (Å²) in [5, 5.41) is 5.95.